The lowest BCUT2D eigenvalue weighted by Gasteiger charge is -2.32. The molecule has 0 saturated heterocycles. The Kier molecular flexibility index (Phi) is 4.32. The van der Waals surface area contributed by atoms with Crippen molar-refractivity contribution in [2.45, 2.75) is 31.3 Å². The molecule has 4 nitrogen and oxygen atoms in total. The molecule has 4 rings (SSSR count). The molecule has 1 aliphatic carbocycles. The number of aliphatic imine (C=N–C) groups is 1. The van der Waals surface area contributed by atoms with Gasteiger partial charge < -0.3 is 4.74 Å². The van der Waals surface area contributed by atoms with Gasteiger partial charge >= 0.3 is 0 Å². The Morgan fingerprint density at radius 3 is 2.35 bits per heavy atom. The summed E-state index contributed by atoms with van der Waals surface area (Å²) in [4.78, 5) is 20.5. The Morgan fingerprint density at radius 1 is 1.08 bits per heavy atom. The minimum absolute atomic E-state index is 0.0650. The summed E-state index contributed by atoms with van der Waals surface area (Å²) in [5.41, 5.74) is 1.77. The summed E-state index contributed by atoms with van der Waals surface area (Å²) >= 11 is 5.73. The van der Waals surface area contributed by atoms with Crippen molar-refractivity contribution in [1.29, 1.82) is 0 Å². The fourth-order valence-electron chi connectivity index (χ4n) is 3.81. The predicted molar refractivity (Wildman–Crippen MR) is 106 cm³/mol. The van der Waals surface area contributed by atoms with Crippen LogP contribution < -0.4 is 4.74 Å². The number of rotatable bonds is 3. The molecule has 0 unspecified atom stereocenters. The number of nitrogens with zero attached hydrogens (tertiary/aromatic N) is 2. The van der Waals surface area contributed by atoms with Gasteiger partial charge in [0, 0.05) is 11.1 Å². The summed E-state index contributed by atoms with van der Waals surface area (Å²) in [6.45, 7) is 0. The van der Waals surface area contributed by atoms with E-state index in [-0.39, 0.29) is 5.91 Å². The number of hydrogen-bond acceptors (Lipinski definition) is 4. The van der Waals surface area contributed by atoms with E-state index in [1.807, 2.05) is 54.6 Å². The van der Waals surface area contributed by atoms with Gasteiger partial charge in [0.1, 0.15) is 22.1 Å². The maximum atomic E-state index is 13.2. The quantitative estimate of drug-likeness (QED) is 0.765. The standard InChI is InChI=1S/C21H20N2O2S/c1-25-17-11-9-15(10-12-17)18-20(26)23(21(22-18)13-5-6-14-21)19(24)16-7-3-2-4-8-16/h2-4,7-12H,5-6,13-14H2,1H3. The van der Waals surface area contributed by atoms with Gasteiger partial charge in [-0.25, -0.2) is 0 Å². The smallest absolute Gasteiger partial charge is 0.260 e. The fourth-order valence-corrected chi connectivity index (χ4v) is 4.22. The van der Waals surface area contributed by atoms with Crippen LogP contribution in [0.4, 0.5) is 0 Å². The molecule has 2 aliphatic rings. The molecular weight excluding hydrogens is 344 g/mol. The van der Waals surface area contributed by atoms with E-state index in [9.17, 15) is 4.79 Å². The molecule has 1 saturated carbocycles. The van der Waals surface area contributed by atoms with Crippen molar-refractivity contribution in [1.82, 2.24) is 4.90 Å². The Labute approximate surface area is 158 Å². The first-order chi connectivity index (χ1) is 12.6. The molecule has 2 aromatic rings. The summed E-state index contributed by atoms with van der Waals surface area (Å²) in [6.07, 6.45) is 3.82. The van der Waals surface area contributed by atoms with E-state index in [1.165, 1.54) is 0 Å². The molecule has 26 heavy (non-hydrogen) atoms. The molecule has 0 N–H and O–H groups in total. The summed E-state index contributed by atoms with van der Waals surface area (Å²) in [5, 5.41) is 0. The highest BCUT2D eigenvalue weighted by molar-refractivity contribution is 7.82. The van der Waals surface area contributed by atoms with Gasteiger partial charge in [0.2, 0.25) is 0 Å². The number of carbonyl (C=O) groups is 1. The molecule has 1 heterocycles. The van der Waals surface area contributed by atoms with E-state index in [4.69, 9.17) is 21.9 Å². The minimum Gasteiger partial charge on any atom is -0.497 e. The van der Waals surface area contributed by atoms with Gasteiger partial charge in [-0.3, -0.25) is 14.7 Å². The van der Waals surface area contributed by atoms with E-state index in [2.05, 4.69) is 0 Å². The van der Waals surface area contributed by atoms with Crippen LogP contribution in [0.15, 0.2) is 59.6 Å². The maximum Gasteiger partial charge on any atom is 0.260 e. The van der Waals surface area contributed by atoms with Crippen LogP contribution in [-0.4, -0.2) is 34.3 Å². The highest BCUT2D eigenvalue weighted by Gasteiger charge is 2.50. The zero-order valence-electron chi connectivity index (χ0n) is 14.6. The highest BCUT2D eigenvalue weighted by Crippen LogP contribution is 2.42. The molecule has 0 bridgehead atoms. The topological polar surface area (TPSA) is 41.9 Å². The number of benzene rings is 2. The third-order valence-corrected chi connectivity index (χ3v) is 5.51. The van der Waals surface area contributed by atoms with Crippen molar-refractivity contribution in [3.63, 3.8) is 0 Å². The molecule has 1 amide bonds. The monoisotopic (exact) mass is 364 g/mol. The number of hydrogen-bond donors (Lipinski definition) is 0. The zero-order chi connectivity index (χ0) is 18.1. The normalized spacial score (nSPS) is 18.3. The van der Waals surface area contributed by atoms with Crippen molar-refractivity contribution < 1.29 is 9.53 Å². The van der Waals surface area contributed by atoms with Crippen LogP contribution in [0.5, 0.6) is 5.75 Å². The summed E-state index contributed by atoms with van der Waals surface area (Å²) in [7, 11) is 1.64. The number of amides is 1. The largest absolute Gasteiger partial charge is 0.497 e. The third-order valence-electron chi connectivity index (χ3n) is 5.13. The lowest BCUT2D eigenvalue weighted by Crippen LogP contribution is -2.48. The number of ether oxygens (including phenoxy) is 1. The van der Waals surface area contributed by atoms with E-state index in [0.717, 1.165) is 42.7 Å². The zero-order valence-corrected chi connectivity index (χ0v) is 15.5. The Morgan fingerprint density at radius 2 is 1.73 bits per heavy atom. The van der Waals surface area contributed by atoms with Crippen LogP contribution in [0, 0.1) is 0 Å². The average Bonchev–Trinajstić information content (AvgIpc) is 3.27. The lowest BCUT2D eigenvalue weighted by atomic mass is 10.1. The lowest BCUT2D eigenvalue weighted by molar-refractivity contribution is 0.0724. The fraction of sp³-hybridized carbons (Fsp3) is 0.286. The van der Waals surface area contributed by atoms with Crippen molar-refractivity contribution in [3.05, 3.63) is 65.7 Å². The molecule has 0 atom stereocenters. The minimum atomic E-state index is -0.529. The van der Waals surface area contributed by atoms with Crippen LogP contribution in [-0.2, 0) is 0 Å². The van der Waals surface area contributed by atoms with Gasteiger partial charge in [0.05, 0.1) is 7.11 Å². The van der Waals surface area contributed by atoms with Gasteiger partial charge in [-0.05, 0) is 62.1 Å². The molecular formula is C21H20N2O2S. The van der Waals surface area contributed by atoms with Crippen LogP contribution in [0.25, 0.3) is 0 Å². The van der Waals surface area contributed by atoms with E-state index in [1.54, 1.807) is 12.0 Å². The maximum absolute atomic E-state index is 13.2. The van der Waals surface area contributed by atoms with Crippen LogP contribution in [0.2, 0.25) is 0 Å². The second-order valence-corrected chi connectivity index (χ2v) is 7.08. The summed E-state index contributed by atoms with van der Waals surface area (Å²) < 4.78 is 5.23. The van der Waals surface area contributed by atoms with Crippen molar-refractivity contribution >= 4 is 28.8 Å². The molecule has 1 fully saturated rings. The molecule has 2 aromatic carbocycles. The van der Waals surface area contributed by atoms with E-state index >= 15 is 0 Å². The Bertz CT molecular complexity index is 869. The first-order valence-electron chi connectivity index (χ1n) is 8.83. The van der Waals surface area contributed by atoms with Crippen LogP contribution in [0.1, 0.15) is 41.6 Å². The van der Waals surface area contributed by atoms with Gasteiger partial charge in [-0.1, -0.05) is 30.4 Å². The van der Waals surface area contributed by atoms with Gasteiger partial charge in [0.15, 0.2) is 0 Å². The van der Waals surface area contributed by atoms with Gasteiger partial charge in [-0.15, -0.1) is 0 Å². The summed E-state index contributed by atoms with van der Waals surface area (Å²) in [6, 6.07) is 17.0. The van der Waals surface area contributed by atoms with E-state index in [0.29, 0.717) is 10.6 Å². The summed E-state index contributed by atoms with van der Waals surface area (Å²) in [5.74, 6) is 0.718. The van der Waals surface area contributed by atoms with Crippen molar-refractivity contribution in [2.24, 2.45) is 4.99 Å². The number of thiocarbonyl (C=S) groups is 1. The van der Waals surface area contributed by atoms with Gasteiger partial charge in [-0.2, -0.15) is 0 Å². The van der Waals surface area contributed by atoms with Crippen LogP contribution in [0.3, 0.4) is 0 Å². The number of methoxy groups -OCH3 is 1. The third kappa shape index (κ3) is 2.72. The Hall–Kier alpha value is -2.53. The second kappa shape index (κ2) is 6.65. The average molecular weight is 364 g/mol. The molecule has 132 valence electrons. The first kappa shape index (κ1) is 16.9. The van der Waals surface area contributed by atoms with Crippen LogP contribution >= 0.6 is 12.2 Å². The molecule has 1 aliphatic heterocycles. The molecule has 5 heteroatoms. The van der Waals surface area contributed by atoms with Crippen molar-refractivity contribution in [3.8, 4) is 5.75 Å². The predicted octanol–water partition coefficient (Wildman–Crippen LogP) is 4.24. The molecule has 1 spiro atoms. The first-order valence-corrected chi connectivity index (χ1v) is 9.24. The molecule has 0 radical (unpaired) electrons. The van der Waals surface area contributed by atoms with Crippen molar-refractivity contribution in [2.75, 3.05) is 7.11 Å². The number of carbonyl (C=O) groups excluding carboxylic acids is 1. The van der Waals surface area contributed by atoms with E-state index < -0.39 is 5.66 Å². The molecule has 0 aromatic heterocycles. The second-order valence-electron chi connectivity index (χ2n) is 6.69. The Balaban J connectivity index is 1.74. The SMILES string of the molecule is COc1ccc(C2=NC3(CCCC3)N(C(=O)c3ccccc3)C2=S)cc1. The highest BCUT2D eigenvalue weighted by atomic mass is 32.1. The van der Waals surface area contributed by atoms with Gasteiger partial charge in [0.25, 0.3) is 5.91 Å².